The second-order valence-corrected chi connectivity index (χ2v) is 6.73. The fourth-order valence-electron chi connectivity index (χ4n) is 3.51. The van der Waals surface area contributed by atoms with Crippen LogP contribution >= 0.6 is 0 Å². The van der Waals surface area contributed by atoms with E-state index < -0.39 is 5.54 Å². The summed E-state index contributed by atoms with van der Waals surface area (Å²) in [6.07, 6.45) is 5.51. The van der Waals surface area contributed by atoms with Crippen molar-refractivity contribution in [1.82, 2.24) is 9.88 Å². The van der Waals surface area contributed by atoms with Crippen LogP contribution in [0.1, 0.15) is 44.7 Å². The number of pyridine rings is 1. The van der Waals surface area contributed by atoms with Gasteiger partial charge in [0.05, 0.1) is 31.8 Å². The van der Waals surface area contributed by atoms with Crippen LogP contribution in [-0.2, 0) is 26.2 Å². The molecule has 0 N–H and O–H groups in total. The van der Waals surface area contributed by atoms with Crippen molar-refractivity contribution in [2.45, 2.75) is 45.6 Å². The van der Waals surface area contributed by atoms with Gasteiger partial charge in [-0.2, -0.15) is 5.26 Å². The molecule has 0 aliphatic carbocycles. The minimum absolute atomic E-state index is 0.244. The number of carbonyl (C=O) groups excluding carboxylic acids is 1. The van der Waals surface area contributed by atoms with Gasteiger partial charge in [-0.1, -0.05) is 20.8 Å². The van der Waals surface area contributed by atoms with Crippen LogP contribution in [0.25, 0.3) is 0 Å². The average molecular weight is 359 g/mol. The van der Waals surface area contributed by atoms with Gasteiger partial charge in [-0.25, -0.2) is 0 Å². The number of esters is 1. The highest BCUT2D eigenvalue weighted by molar-refractivity contribution is 5.72. The zero-order valence-corrected chi connectivity index (χ0v) is 16.0. The SMILES string of the molecule is CCCOC(=O)C(C)CC(C#N)(c1ccncc1CC)N1CCOCC1. The van der Waals surface area contributed by atoms with Gasteiger partial charge in [0.1, 0.15) is 5.54 Å². The molecule has 26 heavy (non-hydrogen) atoms. The van der Waals surface area contributed by atoms with Crippen LogP contribution < -0.4 is 0 Å². The van der Waals surface area contributed by atoms with E-state index in [1.807, 2.05) is 26.1 Å². The molecule has 2 rings (SSSR count). The Kier molecular flexibility index (Phi) is 7.55. The van der Waals surface area contributed by atoms with E-state index in [1.54, 1.807) is 6.20 Å². The molecule has 2 atom stereocenters. The Labute approximate surface area is 156 Å². The van der Waals surface area contributed by atoms with Crippen molar-refractivity contribution >= 4 is 5.97 Å². The summed E-state index contributed by atoms with van der Waals surface area (Å²) in [5.41, 5.74) is 1.09. The zero-order valence-electron chi connectivity index (χ0n) is 16.0. The van der Waals surface area contributed by atoms with Gasteiger partial charge in [0.25, 0.3) is 0 Å². The number of hydrogen-bond donors (Lipinski definition) is 0. The number of hydrogen-bond acceptors (Lipinski definition) is 6. The van der Waals surface area contributed by atoms with E-state index in [1.165, 1.54) is 0 Å². The van der Waals surface area contributed by atoms with Crippen LogP contribution in [0, 0.1) is 17.2 Å². The third kappa shape index (κ3) is 4.40. The summed E-state index contributed by atoms with van der Waals surface area (Å²) in [5, 5.41) is 10.3. The maximum atomic E-state index is 12.4. The van der Waals surface area contributed by atoms with Gasteiger partial charge in [0, 0.05) is 25.5 Å². The predicted molar refractivity (Wildman–Crippen MR) is 98.3 cm³/mol. The van der Waals surface area contributed by atoms with Crippen molar-refractivity contribution in [2.24, 2.45) is 5.92 Å². The first-order valence-corrected chi connectivity index (χ1v) is 9.43. The van der Waals surface area contributed by atoms with Gasteiger partial charge in [0.2, 0.25) is 0 Å². The number of aryl methyl sites for hydroxylation is 1. The molecule has 0 radical (unpaired) electrons. The summed E-state index contributed by atoms with van der Waals surface area (Å²) < 4.78 is 10.8. The Morgan fingerprint density at radius 3 is 2.81 bits per heavy atom. The summed E-state index contributed by atoms with van der Waals surface area (Å²) >= 11 is 0. The lowest BCUT2D eigenvalue weighted by Gasteiger charge is -2.43. The Hall–Kier alpha value is -1.97. The number of ether oxygens (including phenoxy) is 2. The van der Waals surface area contributed by atoms with Gasteiger partial charge in [-0.3, -0.25) is 14.7 Å². The van der Waals surface area contributed by atoms with E-state index >= 15 is 0 Å². The van der Waals surface area contributed by atoms with E-state index in [4.69, 9.17) is 9.47 Å². The molecule has 0 bridgehead atoms. The maximum Gasteiger partial charge on any atom is 0.308 e. The van der Waals surface area contributed by atoms with Gasteiger partial charge in [-0.05, 0) is 36.5 Å². The lowest BCUT2D eigenvalue weighted by molar-refractivity contribution is -0.149. The molecular formula is C20H29N3O3. The van der Waals surface area contributed by atoms with Gasteiger partial charge in [0.15, 0.2) is 0 Å². The Morgan fingerprint density at radius 2 is 2.19 bits per heavy atom. The highest BCUT2D eigenvalue weighted by Gasteiger charge is 2.43. The normalized spacial score (nSPS) is 18.5. The molecular weight excluding hydrogens is 330 g/mol. The first kappa shape index (κ1) is 20.3. The summed E-state index contributed by atoms with van der Waals surface area (Å²) in [7, 11) is 0. The smallest absolute Gasteiger partial charge is 0.308 e. The fraction of sp³-hybridized carbons (Fsp3) is 0.650. The summed E-state index contributed by atoms with van der Waals surface area (Å²) in [5.74, 6) is -0.617. The largest absolute Gasteiger partial charge is 0.465 e. The lowest BCUT2D eigenvalue weighted by Crippen LogP contribution is -2.52. The molecule has 2 unspecified atom stereocenters. The predicted octanol–water partition coefficient (Wildman–Crippen LogP) is 2.67. The summed E-state index contributed by atoms with van der Waals surface area (Å²) in [4.78, 5) is 18.7. The average Bonchev–Trinajstić information content (AvgIpc) is 2.70. The number of morpholine rings is 1. The minimum Gasteiger partial charge on any atom is -0.465 e. The van der Waals surface area contributed by atoms with Crippen LogP contribution in [0.3, 0.4) is 0 Å². The van der Waals surface area contributed by atoms with E-state index in [9.17, 15) is 10.1 Å². The van der Waals surface area contributed by atoms with E-state index in [2.05, 4.69) is 22.9 Å². The molecule has 1 aliphatic rings. The molecule has 0 spiro atoms. The standard InChI is InChI=1S/C20H29N3O3/c1-4-10-26-19(24)16(3)13-20(15-21,23-8-11-25-12-9-23)18-6-7-22-14-17(18)5-2/h6-7,14,16H,4-5,8-13H2,1-3H3. The molecule has 6 heteroatoms. The van der Waals surface area contributed by atoms with Crippen LogP contribution in [0.2, 0.25) is 0 Å². The molecule has 1 fully saturated rings. The second-order valence-electron chi connectivity index (χ2n) is 6.73. The molecule has 1 aromatic rings. The van der Waals surface area contributed by atoms with E-state index in [0.29, 0.717) is 39.3 Å². The molecule has 1 aliphatic heterocycles. The van der Waals surface area contributed by atoms with Crippen molar-refractivity contribution in [3.63, 3.8) is 0 Å². The minimum atomic E-state index is -0.886. The Balaban J connectivity index is 2.40. The van der Waals surface area contributed by atoms with Gasteiger partial charge >= 0.3 is 5.97 Å². The van der Waals surface area contributed by atoms with Crippen LogP contribution in [0.15, 0.2) is 18.5 Å². The van der Waals surface area contributed by atoms with Gasteiger partial charge < -0.3 is 9.47 Å². The van der Waals surface area contributed by atoms with Crippen LogP contribution in [0.4, 0.5) is 0 Å². The monoisotopic (exact) mass is 359 g/mol. The van der Waals surface area contributed by atoms with E-state index in [-0.39, 0.29) is 11.9 Å². The molecule has 1 saturated heterocycles. The van der Waals surface area contributed by atoms with Gasteiger partial charge in [-0.15, -0.1) is 0 Å². The molecule has 0 saturated carbocycles. The first-order chi connectivity index (χ1) is 12.6. The lowest BCUT2D eigenvalue weighted by atomic mass is 9.79. The molecule has 1 aromatic heterocycles. The topological polar surface area (TPSA) is 75.5 Å². The third-order valence-corrected chi connectivity index (χ3v) is 4.92. The van der Waals surface area contributed by atoms with E-state index in [0.717, 1.165) is 24.0 Å². The van der Waals surface area contributed by atoms with Crippen LogP contribution in [0.5, 0.6) is 0 Å². The number of nitrogens with zero attached hydrogens (tertiary/aromatic N) is 3. The number of rotatable bonds is 8. The highest BCUT2D eigenvalue weighted by atomic mass is 16.5. The number of aromatic nitrogens is 1. The quantitative estimate of drug-likeness (QED) is 0.664. The van der Waals surface area contributed by atoms with Crippen molar-refractivity contribution in [2.75, 3.05) is 32.9 Å². The zero-order chi connectivity index (χ0) is 19.0. The van der Waals surface area contributed by atoms with Crippen molar-refractivity contribution < 1.29 is 14.3 Å². The van der Waals surface area contributed by atoms with Crippen molar-refractivity contribution in [3.8, 4) is 6.07 Å². The Bertz CT molecular complexity index is 637. The summed E-state index contributed by atoms with van der Waals surface area (Å²) in [6.45, 7) is 8.78. The molecule has 6 nitrogen and oxygen atoms in total. The van der Waals surface area contributed by atoms with Crippen molar-refractivity contribution in [1.29, 1.82) is 5.26 Å². The van der Waals surface area contributed by atoms with Crippen LogP contribution in [-0.4, -0.2) is 48.8 Å². The second kappa shape index (κ2) is 9.65. The molecule has 0 aromatic carbocycles. The first-order valence-electron chi connectivity index (χ1n) is 9.43. The maximum absolute atomic E-state index is 12.4. The third-order valence-electron chi connectivity index (χ3n) is 4.92. The molecule has 0 amide bonds. The Morgan fingerprint density at radius 1 is 1.46 bits per heavy atom. The molecule has 2 heterocycles. The van der Waals surface area contributed by atoms with Crippen molar-refractivity contribution in [3.05, 3.63) is 29.6 Å². The summed E-state index contributed by atoms with van der Waals surface area (Å²) in [6, 6.07) is 4.47. The number of nitriles is 1. The number of carbonyl (C=O) groups is 1. The molecule has 142 valence electrons. The highest BCUT2D eigenvalue weighted by Crippen LogP contribution is 2.37. The fourth-order valence-corrected chi connectivity index (χ4v) is 3.51.